The number of hydrogen-bond donors (Lipinski definition) is 2. The molecular formula is C21H26N2O4. The minimum Gasteiger partial charge on any atom is -0.481 e. The van der Waals surface area contributed by atoms with Gasteiger partial charge < -0.3 is 15.3 Å². The summed E-state index contributed by atoms with van der Waals surface area (Å²) < 4.78 is 0. The Morgan fingerprint density at radius 3 is 2.37 bits per heavy atom. The molecule has 0 atom stereocenters. The molecule has 144 valence electrons. The highest BCUT2D eigenvalue weighted by Gasteiger charge is 2.27. The van der Waals surface area contributed by atoms with Gasteiger partial charge >= 0.3 is 5.97 Å². The fourth-order valence-corrected chi connectivity index (χ4v) is 3.68. The van der Waals surface area contributed by atoms with Gasteiger partial charge in [-0.2, -0.15) is 0 Å². The van der Waals surface area contributed by atoms with E-state index in [9.17, 15) is 14.4 Å². The number of rotatable bonds is 5. The summed E-state index contributed by atoms with van der Waals surface area (Å²) in [4.78, 5) is 37.4. The van der Waals surface area contributed by atoms with Crippen LogP contribution in [-0.4, -0.2) is 40.9 Å². The van der Waals surface area contributed by atoms with E-state index in [2.05, 4.69) is 11.4 Å². The van der Waals surface area contributed by atoms with Crippen LogP contribution in [0.3, 0.4) is 0 Å². The second-order valence-electron chi connectivity index (χ2n) is 7.32. The van der Waals surface area contributed by atoms with E-state index in [0.717, 1.165) is 19.3 Å². The molecular weight excluding hydrogens is 344 g/mol. The van der Waals surface area contributed by atoms with Crippen molar-refractivity contribution in [2.45, 2.75) is 44.9 Å². The van der Waals surface area contributed by atoms with Crippen LogP contribution in [0.5, 0.6) is 0 Å². The number of anilines is 1. The minimum atomic E-state index is -0.786. The van der Waals surface area contributed by atoms with Crippen LogP contribution in [0.1, 0.15) is 55.3 Å². The zero-order valence-corrected chi connectivity index (χ0v) is 15.4. The molecule has 2 amide bonds. The Morgan fingerprint density at radius 2 is 1.78 bits per heavy atom. The molecule has 0 aromatic heterocycles. The van der Waals surface area contributed by atoms with Crippen molar-refractivity contribution in [2.24, 2.45) is 5.92 Å². The number of nitrogens with one attached hydrogen (secondary N) is 1. The highest BCUT2D eigenvalue weighted by atomic mass is 16.4. The van der Waals surface area contributed by atoms with Gasteiger partial charge in [0.1, 0.15) is 0 Å². The average molecular weight is 370 g/mol. The maximum atomic E-state index is 12.6. The largest absolute Gasteiger partial charge is 0.481 e. The summed E-state index contributed by atoms with van der Waals surface area (Å²) in [5.74, 6) is -1.26. The molecule has 27 heavy (non-hydrogen) atoms. The molecule has 0 radical (unpaired) electrons. The summed E-state index contributed by atoms with van der Waals surface area (Å²) in [7, 11) is 0. The van der Waals surface area contributed by atoms with E-state index in [1.54, 1.807) is 29.2 Å². The first-order valence-corrected chi connectivity index (χ1v) is 9.63. The van der Waals surface area contributed by atoms with Gasteiger partial charge in [0.05, 0.1) is 5.92 Å². The molecule has 1 aromatic rings. The highest BCUT2D eigenvalue weighted by molar-refractivity contribution is 5.96. The van der Waals surface area contributed by atoms with Crippen LogP contribution in [0.2, 0.25) is 0 Å². The summed E-state index contributed by atoms with van der Waals surface area (Å²) in [6.45, 7) is 0.923. The lowest BCUT2D eigenvalue weighted by molar-refractivity contribution is -0.143. The van der Waals surface area contributed by atoms with E-state index in [1.165, 1.54) is 12.0 Å². The number of benzene rings is 1. The SMILES string of the molecule is O=C(CC1=CCCCC1)Nc1ccc(C(=O)N2CCC(C(=O)O)CC2)cc1. The quantitative estimate of drug-likeness (QED) is 0.777. The van der Waals surface area contributed by atoms with Crippen molar-refractivity contribution in [2.75, 3.05) is 18.4 Å². The number of hydrogen-bond acceptors (Lipinski definition) is 3. The van der Waals surface area contributed by atoms with Gasteiger partial charge in [-0.1, -0.05) is 11.6 Å². The number of nitrogens with zero attached hydrogens (tertiary/aromatic N) is 1. The van der Waals surface area contributed by atoms with Gasteiger partial charge in [-0.05, 0) is 62.8 Å². The summed E-state index contributed by atoms with van der Waals surface area (Å²) in [5, 5.41) is 11.9. The zero-order chi connectivity index (χ0) is 19.2. The summed E-state index contributed by atoms with van der Waals surface area (Å²) in [5.41, 5.74) is 2.43. The maximum absolute atomic E-state index is 12.6. The molecule has 0 saturated carbocycles. The zero-order valence-electron chi connectivity index (χ0n) is 15.4. The third kappa shape index (κ3) is 5.18. The van der Waals surface area contributed by atoms with Crippen LogP contribution in [0.25, 0.3) is 0 Å². The third-order valence-electron chi connectivity index (χ3n) is 5.32. The number of carboxylic acid groups (broad SMARTS) is 1. The van der Waals surface area contributed by atoms with Gasteiger partial charge in [-0.25, -0.2) is 0 Å². The molecule has 1 aliphatic carbocycles. The van der Waals surface area contributed by atoms with Gasteiger partial charge in [-0.15, -0.1) is 0 Å². The number of carboxylic acids is 1. The smallest absolute Gasteiger partial charge is 0.306 e. The maximum Gasteiger partial charge on any atom is 0.306 e. The molecule has 1 heterocycles. The molecule has 0 bridgehead atoms. The molecule has 2 N–H and O–H groups in total. The fourth-order valence-electron chi connectivity index (χ4n) is 3.68. The summed E-state index contributed by atoms with van der Waals surface area (Å²) in [6.07, 6.45) is 7.99. The van der Waals surface area contributed by atoms with E-state index < -0.39 is 5.97 Å². The Balaban J connectivity index is 1.52. The summed E-state index contributed by atoms with van der Waals surface area (Å²) in [6, 6.07) is 6.90. The highest BCUT2D eigenvalue weighted by Crippen LogP contribution is 2.22. The molecule has 0 spiro atoms. The van der Waals surface area contributed by atoms with Crippen molar-refractivity contribution in [1.82, 2.24) is 4.90 Å². The molecule has 1 aromatic carbocycles. The van der Waals surface area contributed by atoms with Crippen molar-refractivity contribution in [3.63, 3.8) is 0 Å². The number of likely N-dealkylation sites (tertiary alicyclic amines) is 1. The lowest BCUT2D eigenvalue weighted by Gasteiger charge is -2.30. The standard InChI is InChI=1S/C21H26N2O4/c24-19(14-15-4-2-1-3-5-15)22-18-8-6-16(7-9-18)20(25)23-12-10-17(11-13-23)21(26)27/h4,6-9,17H,1-3,5,10-14H2,(H,22,24)(H,26,27). The number of allylic oxidation sites excluding steroid dienone is 1. The van der Waals surface area contributed by atoms with Gasteiger partial charge in [0, 0.05) is 30.8 Å². The number of amides is 2. The van der Waals surface area contributed by atoms with E-state index in [0.29, 0.717) is 43.6 Å². The van der Waals surface area contributed by atoms with Gasteiger partial charge in [0.2, 0.25) is 5.91 Å². The number of carbonyl (C=O) groups is 3. The van der Waals surface area contributed by atoms with Crippen LogP contribution in [0.4, 0.5) is 5.69 Å². The second-order valence-corrected chi connectivity index (χ2v) is 7.32. The van der Waals surface area contributed by atoms with Crippen molar-refractivity contribution >= 4 is 23.5 Å². The van der Waals surface area contributed by atoms with Crippen LogP contribution in [0, 0.1) is 5.92 Å². The molecule has 6 nitrogen and oxygen atoms in total. The first-order valence-electron chi connectivity index (χ1n) is 9.63. The molecule has 0 unspecified atom stereocenters. The lowest BCUT2D eigenvalue weighted by Crippen LogP contribution is -2.40. The Bertz CT molecular complexity index is 731. The van der Waals surface area contributed by atoms with Gasteiger partial charge in [-0.3, -0.25) is 14.4 Å². The predicted molar refractivity (Wildman–Crippen MR) is 103 cm³/mol. The van der Waals surface area contributed by atoms with Crippen molar-refractivity contribution in [3.05, 3.63) is 41.5 Å². The van der Waals surface area contributed by atoms with Crippen LogP contribution >= 0.6 is 0 Å². The van der Waals surface area contributed by atoms with Crippen molar-refractivity contribution in [3.8, 4) is 0 Å². The van der Waals surface area contributed by atoms with E-state index >= 15 is 0 Å². The molecule has 1 aliphatic heterocycles. The third-order valence-corrected chi connectivity index (χ3v) is 5.32. The number of aliphatic carboxylic acids is 1. The Labute approximate surface area is 159 Å². The lowest BCUT2D eigenvalue weighted by atomic mass is 9.96. The first kappa shape index (κ1) is 19.1. The van der Waals surface area contributed by atoms with Crippen LogP contribution < -0.4 is 5.32 Å². The van der Waals surface area contributed by atoms with E-state index in [4.69, 9.17) is 5.11 Å². The van der Waals surface area contributed by atoms with Crippen LogP contribution in [0.15, 0.2) is 35.9 Å². The fraction of sp³-hybridized carbons (Fsp3) is 0.476. The van der Waals surface area contributed by atoms with E-state index in [-0.39, 0.29) is 17.7 Å². The molecule has 1 fully saturated rings. The van der Waals surface area contributed by atoms with Gasteiger partial charge in [0.25, 0.3) is 5.91 Å². The number of carbonyl (C=O) groups excluding carboxylic acids is 2. The van der Waals surface area contributed by atoms with Crippen LogP contribution in [-0.2, 0) is 9.59 Å². The summed E-state index contributed by atoms with van der Waals surface area (Å²) >= 11 is 0. The Morgan fingerprint density at radius 1 is 1.07 bits per heavy atom. The normalized spacial score (nSPS) is 17.9. The Kier molecular flexibility index (Phi) is 6.27. The van der Waals surface area contributed by atoms with Gasteiger partial charge in [0.15, 0.2) is 0 Å². The van der Waals surface area contributed by atoms with Crippen molar-refractivity contribution < 1.29 is 19.5 Å². The first-order chi connectivity index (χ1) is 13.0. The Hall–Kier alpha value is -2.63. The van der Waals surface area contributed by atoms with Crippen molar-refractivity contribution in [1.29, 1.82) is 0 Å². The molecule has 3 rings (SSSR count). The average Bonchev–Trinajstić information content (AvgIpc) is 2.69. The predicted octanol–water partition coefficient (Wildman–Crippen LogP) is 3.45. The number of piperidine rings is 1. The minimum absolute atomic E-state index is 0.0297. The monoisotopic (exact) mass is 370 g/mol. The van der Waals surface area contributed by atoms with E-state index in [1.807, 2.05) is 0 Å². The molecule has 2 aliphatic rings. The molecule has 6 heteroatoms. The molecule has 1 saturated heterocycles. The topological polar surface area (TPSA) is 86.7 Å². The second kappa shape index (κ2) is 8.84.